The van der Waals surface area contributed by atoms with E-state index < -0.39 is 0 Å². The maximum Gasteiger partial charge on any atom is 0.287 e. The lowest BCUT2D eigenvalue weighted by Crippen LogP contribution is -2.21. The molecule has 2 rings (SSSR count). The lowest BCUT2D eigenvalue weighted by molar-refractivity contribution is 0.0923. The zero-order valence-electron chi connectivity index (χ0n) is 9.90. The third kappa shape index (κ3) is 3.86. The van der Waals surface area contributed by atoms with Crippen molar-refractivity contribution in [2.75, 3.05) is 6.54 Å². The van der Waals surface area contributed by atoms with Crippen LogP contribution < -0.4 is 11.1 Å². The smallest absolute Gasteiger partial charge is 0.287 e. The fourth-order valence-electron chi connectivity index (χ4n) is 1.37. The maximum atomic E-state index is 11.7. The Morgan fingerprint density at radius 2 is 2.26 bits per heavy atom. The average Bonchev–Trinajstić information content (AvgIpc) is 3.02. The zero-order valence-corrected chi connectivity index (χ0v) is 11.5. The molecule has 3 N–H and O–H groups in total. The van der Waals surface area contributed by atoms with Crippen LogP contribution in [0.1, 0.15) is 20.3 Å². The van der Waals surface area contributed by atoms with E-state index >= 15 is 0 Å². The second-order valence-electron chi connectivity index (χ2n) is 3.56. The Balaban J connectivity index is 1.92. The van der Waals surface area contributed by atoms with E-state index in [9.17, 15) is 4.79 Å². The van der Waals surface area contributed by atoms with Gasteiger partial charge in [0.05, 0.1) is 18.0 Å². The topological polar surface area (TPSA) is 68.3 Å². The molecule has 2 heterocycles. The molecule has 19 heavy (non-hydrogen) atoms. The summed E-state index contributed by atoms with van der Waals surface area (Å²) in [6, 6.07) is 6.88. The quantitative estimate of drug-likeness (QED) is 0.853. The minimum absolute atomic E-state index is 0.195. The average molecular weight is 295 g/mol. The fraction of sp³-hybridized carbons (Fsp3) is 0.154. The summed E-state index contributed by atoms with van der Waals surface area (Å²) in [6.45, 7) is 0.759. The molecule has 0 saturated carbocycles. The van der Waals surface area contributed by atoms with Crippen molar-refractivity contribution in [3.63, 3.8) is 0 Å². The molecule has 98 valence electrons. The van der Waals surface area contributed by atoms with Gasteiger partial charge in [0.2, 0.25) is 0 Å². The Labute approximate surface area is 119 Å². The number of nitrogens with two attached hydrogens (primary N) is 1. The summed E-state index contributed by atoms with van der Waals surface area (Å²) in [6.07, 6.45) is 0. The van der Waals surface area contributed by atoms with E-state index in [1.165, 1.54) is 23.5 Å². The van der Waals surface area contributed by atoms with Crippen molar-refractivity contribution in [1.29, 1.82) is 0 Å². The molecule has 0 aliphatic heterocycles. The molecule has 2 aromatic rings. The monoisotopic (exact) mass is 294 g/mol. The standard InChI is InChI=1S/C13H11ClN2O2S/c14-12-6-5-11(18-12)13(17)16-8-10-4-3-9(19-10)2-1-7-15/h3-6H,7-8,15H2,(H,16,17). The van der Waals surface area contributed by atoms with Crippen molar-refractivity contribution < 1.29 is 9.21 Å². The molecule has 0 spiro atoms. The van der Waals surface area contributed by atoms with Crippen molar-refractivity contribution >= 4 is 28.8 Å². The highest BCUT2D eigenvalue weighted by molar-refractivity contribution is 7.12. The Hall–Kier alpha value is -1.74. The normalized spacial score (nSPS) is 9.79. The minimum Gasteiger partial charge on any atom is -0.440 e. The molecular formula is C13H11ClN2O2S. The third-order valence-electron chi connectivity index (χ3n) is 2.20. The maximum absolute atomic E-state index is 11.7. The first-order valence-electron chi connectivity index (χ1n) is 5.50. The molecule has 6 heteroatoms. The van der Waals surface area contributed by atoms with Crippen LogP contribution in [0.25, 0.3) is 0 Å². The predicted molar refractivity (Wildman–Crippen MR) is 75.1 cm³/mol. The molecule has 4 nitrogen and oxygen atoms in total. The number of carbonyl (C=O) groups excluding carboxylic acids is 1. The number of rotatable bonds is 3. The number of hydrogen-bond acceptors (Lipinski definition) is 4. The second kappa shape index (κ2) is 6.43. The summed E-state index contributed by atoms with van der Waals surface area (Å²) in [5.74, 6) is 5.63. The van der Waals surface area contributed by atoms with Gasteiger partial charge in [-0.3, -0.25) is 4.79 Å². The van der Waals surface area contributed by atoms with Crippen LogP contribution in [0.5, 0.6) is 0 Å². The number of hydrogen-bond donors (Lipinski definition) is 2. The lowest BCUT2D eigenvalue weighted by atomic mass is 10.4. The summed E-state index contributed by atoms with van der Waals surface area (Å²) in [4.78, 5) is 13.6. The van der Waals surface area contributed by atoms with Gasteiger partial charge in [0, 0.05) is 4.88 Å². The molecular weight excluding hydrogens is 284 g/mol. The molecule has 0 fully saturated rings. The fourth-order valence-corrected chi connectivity index (χ4v) is 2.34. The van der Waals surface area contributed by atoms with E-state index in [0.29, 0.717) is 13.1 Å². The van der Waals surface area contributed by atoms with E-state index in [1.807, 2.05) is 12.1 Å². The molecule has 2 aromatic heterocycles. The summed E-state index contributed by atoms with van der Waals surface area (Å²) in [7, 11) is 0. The molecule has 0 aliphatic carbocycles. The Kier molecular flexibility index (Phi) is 4.63. The van der Waals surface area contributed by atoms with Crippen LogP contribution in [0.2, 0.25) is 5.22 Å². The highest BCUT2D eigenvalue weighted by Gasteiger charge is 2.10. The number of furan rings is 1. The third-order valence-corrected chi connectivity index (χ3v) is 3.40. The SMILES string of the molecule is NCC#Cc1ccc(CNC(=O)c2ccc(Cl)o2)s1. The van der Waals surface area contributed by atoms with Crippen LogP contribution in [0, 0.1) is 11.8 Å². The second-order valence-corrected chi connectivity index (χ2v) is 5.10. The van der Waals surface area contributed by atoms with Crippen LogP contribution in [0.4, 0.5) is 0 Å². The molecule has 0 aliphatic rings. The molecule has 0 unspecified atom stereocenters. The van der Waals surface area contributed by atoms with Crippen LogP contribution in [0.15, 0.2) is 28.7 Å². The van der Waals surface area contributed by atoms with Crippen molar-refractivity contribution in [2.24, 2.45) is 5.73 Å². The Bertz CT molecular complexity index is 636. The van der Waals surface area contributed by atoms with Gasteiger partial charge in [0.15, 0.2) is 11.0 Å². The largest absolute Gasteiger partial charge is 0.440 e. The molecule has 0 atom stereocenters. The first-order chi connectivity index (χ1) is 9.19. The van der Waals surface area contributed by atoms with Gasteiger partial charge in [-0.05, 0) is 35.9 Å². The van der Waals surface area contributed by atoms with Crippen molar-refractivity contribution in [2.45, 2.75) is 6.54 Å². The first kappa shape index (κ1) is 13.7. The van der Waals surface area contributed by atoms with Gasteiger partial charge in [0.25, 0.3) is 5.91 Å². The van der Waals surface area contributed by atoms with Crippen molar-refractivity contribution in [3.05, 3.63) is 45.0 Å². The van der Waals surface area contributed by atoms with Crippen LogP contribution in [-0.2, 0) is 6.54 Å². The van der Waals surface area contributed by atoms with E-state index in [4.69, 9.17) is 21.8 Å². The lowest BCUT2D eigenvalue weighted by Gasteiger charge is -1.99. The van der Waals surface area contributed by atoms with Crippen LogP contribution in [0.3, 0.4) is 0 Å². The Morgan fingerprint density at radius 1 is 1.42 bits per heavy atom. The van der Waals surface area contributed by atoms with Crippen molar-refractivity contribution in [1.82, 2.24) is 5.32 Å². The van der Waals surface area contributed by atoms with Gasteiger partial charge in [-0.2, -0.15) is 0 Å². The minimum atomic E-state index is -0.296. The molecule has 0 bridgehead atoms. The van der Waals surface area contributed by atoms with Gasteiger partial charge in [-0.15, -0.1) is 11.3 Å². The highest BCUT2D eigenvalue weighted by atomic mass is 35.5. The van der Waals surface area contributed by atoms with E-state index in [-0.39, 0.29) is 16.9 Å². The number of nitrogens with one attached hydrogen (secondary N) is 1. The van der Waals surface area contributed by atoms with E-state index in [1.54, 1.807) is 0 Å². The highest BCUT2D eigenvalue weighted by Crippen LogP contribution is 2.16. The number of carbonyl (C=O) groups is 1. The first-order valence-corrected chi connectivity index (χ1v) is 6.69. The predicted octanol–water partition coefficient (Wildman–Crippen LogP) is 2.23. The zero-order chi connectivity index (χ0) is 13.7. The number of thiophene rings is 1. The summed E-state index contributed by atoms with van der Waals surface area (Å²) < 4.78 is 5.01. The molecule has 1 amide bonds. The van der Waals surface area contributed by atoms with Gasteiger partial charge in [-0.25, -0.2) is 0 Å². The van der Waals surface area contributed by atoms with E-state index in [0.717, 1.165) is 9.75 Å². The summed E-state index contributed by atoms with van der Waals surface area (Å²) >= 11 is 7.12. The van der Waals surface area contributed by atoms with Gasteiger partial charge >= 0.3 is 0 Å². The van der Waals surface area contributed by atoms with E-state index in [2.05, 4.69) is 17.2 Å². The van der Waals surface area contributed by atoms with Gasteiger partial charge in [0.1, 0.15) is 0 Å². The van der Waals surface area contributed by atoms with Crippen molar-refractivity contribution in [3.8, 4) is 11.8 Å². The van der Waals surface area contributed by atoms with Crippen LogP contribution in [-0.4, -0.2) is 12.5 Å². The molecule has 0 saturated heterocycles. The van der Waals surface area contributed by atoms with Gasteiger partial charge < -0.3 is 15.5 Å². The summed E-state index contributed by atoms with van der Waals surface area (Å²) in [5.41, 5.74) is 5.30. The molecule has 0 radical (unpaired) electrons. The summed E-state index contributed by atoms with van der Waals surface area (Å²) in [5, 5.41) is 2.94. The number of amides is 1. The Morgan fingerprint density at radius 3 is 2.95 bits per heavy atom. The van der Waals surface area contributed by atoms with Gasteiger partial charge in [-0.1, -0.05) is 11.8 Å². The number of halogens is 1. The molecule has 0 aromatic carbocycles. The van der Waals surface area contributed by atoms with Crippen LogP contribution >= 0.6 is 22.9 Å².